The first kappa shape index (κ1) is 9.65. The van der Waals surface area contributed by atoms with Gasteiger partial charge in [0.25, 0.3) is 0 Å². The topological polar surface area (TPSA) is 51.0 Å². The molecule has 1 aliphatic rings. The summed E-state index contributed by atoms with van der Waals surface area (Å²) in [6.07, 6.45) is 3.22. The largest absolute Gasteiger partial charge is 0.339 e. The van der Waals surface area contributed by atoms with Crippen molar-refractivity contribution in [2.24, 2.45) is 0 Å². The standard InChI is InChI=1S/C10H17N3O/c1-3-11-7-4-8-12-9(13-14-8)10(2)5-6-10/h11H,3-7H2,1-2H3. The quantitative estimate of drug-likeness (QED) is 0.719. The maximum Gasteiger partial charge on any atom is 0.227 e. The van der Waals surface area contributed by atoms with Crippen LogP contribution >= 0.6 is 0 Å². The molecule has 0 aromatic carbocycles. The van der Waals surface area contributed by atoms with Gasteiger partial charge in [-0.3, -0.25) is 0 Å². The molecule has 78 valence electrons. The Morgan fingerprint density at radius 1 is 1.50 bits per heavy atom. The Kier molecular flexibility index (Phi) is 2.54. The Labute approximate surface area is 84.1 Å². The van der Waals surface area contributed by atoms with Gasteiger partial charge in [0.05, 0.1) is 0 Å². The summed E-state index contributed by atoms with van der Waals surface area (Å²) < 4.78 is 5.18. The van der Waals surface area contributed by atoms with Gasteiger partial charge >= 0.3 is 0 Å². The average Bonchev–Trinajstić information content (AvgIpc) is 2.76. The predicted octanol–water partition coefficient (Wildman–Crippen LogP) is 1.27. The van der Waals surface area contributed by atoms with Gasteiger partial charge in [0.1, 0.15) is 0 Å². The summed E-state index contributed by atoms with van der Waals surface area (Å²) in [5.41, 5.74) is 0.222. The van der Waals surface area contributed by atoms with Gasteiger partial charge < -0.3 is 9.84 Å². The highest BCUT2D eigenvalue weighted by molar-refractivity contribution is 5.14. The molecule has 1 fully saturated rings. The summed E-state index contributed by atoms with van der Waals surface area (Å²) in [6, 6.07) is 0. The van der Waals surface area contributed by atoms with Crippen LogP contribution in [-0.4, -0.2) is 23.2 Å². The Balaban J connectivity index is 1.90. The lowest BCUT2D eigenvalue weighted by atomic mass is 10.1. The molecule has 0 saturated heterocycles. The van der Waals surface area contributed by atoms with Gasteiger partial charge in [0, 0.05) is 18.4 Å². The second-order valence-corrected chi connectivity index (χ2v) is 4.18. The molecule has 4 nitrogen and oxygen atoms in total. The minimum atomic E-state index is 0.222. The third-order valence-corrected chi connectivity index (χ3v) is 2.77. The number of hydrogen-bond donors (Lipinski definition) is 1. The van der Waals surface area contributed by atoms with Gasteiger partial charge in [-0.25, -0.2) is 0 Å². The Morgan fingerprint density at radius 3 is 2.93 bits per heavy atom. The Bertz CT molecular complexity index is 304. The maximum atomic E-state index is 5.18. The molecule has 2 rings (SSSR count). The predicted molar refractivity (Wildman–Crippen MR) is 53.1 cm³/mol. The van der Waals surface area contributed by atoms with Crippen LogP contribution in [0.3, 0.4) is 0 Å². The smallest absolute Gasteiger partial charge is 0.227 e. The van der Waals surface area contributed by atoms with E-state index in [1.165, 1.54) is 12.8 Å². The molecular weight excluding hydrogens is 178 g/mol. The van der Waals surface area contributed by atoms with Crippen LogP contribution < -0.4 is 5.32 Å². The van der Waals surface area contributed by atoms with Crippen molar-refractivity contribution >= 4 is 0 Å². The number of nitrogens with zero attached hydrogens (tertiary/aromatic N) is 2. The summed E-state index contributed by atoms with van der Waals surface area (Å²) in [4.78, 5) is 4.40. The summed E-state index contributed by atoms with van der Waals surface area (Å²) in [5.74, 6) is 1.65. The third-order valence-electron chi connectivity index (χ3n) is 2.77. The molecule has 1 aliphatic carbocycles. The first-order valence-corrected chi connectivity index (χ1v) is 5.28. The number of hydrogen-bond acceptors (Lipinski definition) is 4. The van der Waals surface area contributed by atoms with Crippen molar-refractivity contribution < 1.29 is 4.52 Å². The third kappa shape index (κ3) is 1.95. The van der Waals surface area contributed by atoms with Crippen molar-refractivity contribution in [3.63, 3.8) is 0 Å². The first-order valence-electron chi connectivity index (χ1n) is 5.28. The highest BCUT2D eigenvalue weighted by Gasteiger charge is 2.43. The number of rotatable bonds is 5. The lowest BCUT2D eigenvalue weighted by molar-refractivity contribution is 0.367. The summed E-state index contributed by atoms with van der Waals surface area (Å²) in [7, 11) is 0. The minimum absolute atomic E-state index is 0.222. The molecule has 1 saturated carbocycles. The van der Waals surface area contributed by atoms with E-state index < -0.39 is 0 Å². The lowest BCUT2D eigenvalue weighted by Crippen LogP contribution is -2.16. The molecule has 0 unspecified atom stereocenters. The van der Waals surface area contributed by atoms with E-state index in [4.69, 9.17) is 4.52 Å². The van der Waals surface area contributed by atoms with Gasteiger partial charge in [-0.15, -0.1) is 0 Å². The zero-order valence-corrected chi connectivity index (χ0v) is 8.84. The van der Waals surface area contributed by atoms with E-state index in [0.29, 0.717) is 0 Å². The molecule has 1 heterocycles. The molecule has 0 spiro atoms. The van der Waals surface area contributed by atoms with Crippen LogP contribution in [-0.2, 0) is 11.8 Å². The van der Waals surface area contributed by atoms with E-state index in [0.717, 1.165) is 31.2 Å². The maximum absolute atomic E-state index is 5.18. The van der Waals surface area contributed by atoms with Crippen molar-refractivity contribution in [1.29, 1.82) is 0 Å². The monoisotopic (exact) mass is 195 g/mol. The van der Waals surface area contributed by atoms with Gasteiger partial charge in [-0.1, -0.05) is 19.0 Å². The molecular formula is C10H17N3O. The highest BCUT2D eigenvalue weighted by atomic mass is 16.5. The van der Waals surface area contributed by atoms with E-state index in [1.807, 2.05) is 0 Å². The summed E-state index contributed by atoms with van der Waals surface area (Å²) in [5, 5.41) is 7.25. The van der Waals surface area contributed by atoms with Crippen molar-refractivity contribution in [2.45, 2.75) is 38.5 Å². The van der Waals surface area contributed by atoms with Crippen molar-refractivity contribution in [3.05, 3.63) is 11.7 Å². The van der Waals surface area contributed by atoms with Crippen LogP contribution in [0.1, 0.15) is 38.4 Å². The lowest BCUT2D eigenvalue weighted by Gasteiger charge is -1.97. The molecule has 1 aromatic heterocycles. The first-order chi connectivity index (χ1) is 6.74. The molecule has 1 aromatic rings. The van der Waals surface area contributed by atoms with E-state index in [-0.39, 0.29) is 5.41 Å². The average molecular weight is 195 g/mol. The van der Waals surface area contributed by atoms with Crippen LogP contribution in [0, 0.1) is 0 Å². The van der Waals surface area contributed by atoms with Crippen LogP contribution in [0.4, 0.5) is 0 Å². The Morgan fingerprint density at radius 2 is 2.29 bits per heavy atom. The van der Waals surface area contributed by atoms with E-state index in [2.05, 4.69) is 29.3 Å². The molecule has 1 N–H and O–H groups in total. The number of likely N-dealkylation sites (N-methyl/N-ethyl adjacent to an activating group) is 1. The highest BCUT2D eigenvalue weighted by Crippen LogP contribution is 2.45. The van der Waals surface area contributed by atoms with Crippen LogP contribution in [0.2, 0.25) is 0 Å². The zero-order chi connectivity index (χ0) is 10.0. The molecule has 14 heavy (non-hydrogen) atoms. The van der Waals surface area contributed by atoms with Crippen molar-refractivity contribution in [1.82, 2.24) is 15.5 Å². The summed E-state index contributed by atoms with van der Waals surface area (Å²) >= 11 is 0. The van der Waals surface area contributed by atoms with Gasteiger partial charge in [-0.2, -0.15) is 4.98 Å². The molecule has 0 amide bonds. The van der Waals surface area contributed by atoms with Gasteiger partial charge in [0.15, 0.2) is 5.82 Å². The van der Waals surface area contributed by atoms with E-state index in [1.54, 1.807) is 0 Å². The van der Waals surface area contributed by atoms with Gasteiger partial charge in [0.2, 0.25) is 5.89 Å². The van der Waals surface area contributed by atoms with Crippen molar-refractivity contribution in [3.8, 4) is 0 Å². The molecule has 0 radical (unpaired) electrons. The normalized spacial score (nSPS) is 18.4. The van der Waals surface area contributed by atoms with E-state index >= 15 is 0 Å². The minimum Gasteiger partial charge on any atom is -0.339 e. The fourth-order valence-electron chi connectivity index (χ4n) is 1.38. The SMILES string of the molecule is CCNCCc1nc(C2(C)CC2)no1. The zero-order valence-electron chi connectivity index (χ0n) is 8.84. The number of aromatic nitrogens is 2. The van der Waals surface area contributed by atoms with Gasteiger partial charge in [-0.05, 0) is 19.4 Å². The molecule has 0 atom stereocenters. The van der Waals surface area contributed by atoms with Crippen LogP contribution in [0.5, 0.6) is 0 Å². The number of nitrogens with one attached hydrogen (secondary N) is 1. The second-order valence-electron chi connectivity index (χ2n) is 4.18. The second kappa shape index (κ2) is 3.69. The molecule has 0 bridgehead atoms. The fraction of sp³-hybridized carbons (Fsp3) is 0.800. The van der Waals surface area contributed by atoms with Crippen LogP contribution in [0.15, 0.2) is 4.52 Å². The molecule has 4 heteroatoms. The fourth-order valence-corrected chi connectivity index (χ4v) is 1.38. The van der Waals surface area contributed by atoms with E-state index in [9.17, 15) is 0 Å². The Hall–Kier alpha value is -0.900. The summed E-state index contributed by atoms with van der Waals surface area (Å²) in [6.45, 7) is 6.17. The molecule has 0 aliphatic heterocycles. The van der Waals surface area contributed by atoms with Crippen molar-refractivity contribution in [2.75, 3.05) is 13.1 Å². The van der Waals surface area contributed by atoms with Crippen LogP contribution in [0.25, 0.3) is 0 Å².